The fourth-order valence-corrected chi connectivity index (χ4v) is 4.24. The second-order valence-corrected chi connectivity index (χ2v) is 7.83. The number of anilines is 1. The second kappa shape index (κ2) is 7.72. The van der Waals surface area contributed by atoms with E-state index >= 15 is 0 Å². The van der Waals surface area contributed by atoms with Crippen molar-refractivity contribution in [2.24, 2.45) is 0 Å². The maximum Gasteiger partial charge on any atom is 0.336 e. The third-order valence-corrected chi connectivity index (χ3v) is 5.79. The van der Waals surface area contributed by atoms with Gasteiger partial charge >= 0.3 is 5.69 Å². The number of aromatic nitrogens is 2. The monoisotopic (exact) mass is 423 g/mol. The highest BCUT2D eigenvalue weighted by Crippen LogP contribution is 2.20. The molecule has 0 fully saturated rings. The van der Waals surface area contributed by atoms with Crippen LogP contribution in [0.4, 0.5) is 10.1 Å². The topological polar surface area (TPSA) is 73.1 Å². The van der Waals surface area contributed by atoms with Gasteiger partial charge in [-0.3, -0.25) is 14.2 Å². The predicted molar refractivity (Wildman–Crippen MR) is 116 cm³/mol. The first-order valence-electron chi connectivity index (χ1n) is 9.22. The number of hydrogen-bond acceptors (Lipinski definition) is 4. The molecule has 4 rings (SSSR count). The molecule has 2 aromatic heterocycles. The predicted octanol–water partition coefficient (Wildman–Crippen LogP) is 3.61. The molecule has 0 saturated heterocycles. The fourth-order valence-electron chi connectivity index (χ4n) is 3.42. The Labute approximate surface area is 174 Å². The second-order valence-electron chi connectivity index (χ2n) is 6.91. The van der Waals surface area contributed by atoms with E-state index in [1.165, 1.54) is 22.8 Å². The molecule has 0 bridgehead atoms. The molecule has 0 aliphatic heterocycles. The molecule has 2 aromatic carbocycles. The molecule has 0 aliphatic carbocycles. The Morgan fingerprint density at radius 3 is 2.43 bits per heavy atom. The molecule has 6 nitrogen and oxygen atoms in total. The Kier molecular flexibility index (Phi) is 5.09. The molecule has 0 aliphatic rings. The lowest BCUT2D eigenvalue weighted by Gasteiger charge is -2.14. The largest absolute Gasteiger partial charge is 0.336 e. The average molecular weight is 423 g/mol. The Bertz CT molecular complexity index is 1380. The molecular weight excluding hydrogens is 405 g/mol. The smallest absolute Gasteiger partial charge is 0.324 e. The van der Waals surface area contributed by atoms with Crippen molar-refractivity contribution in [1.29, 1.82) is 0 Å². The minimum absolute atomic E-state index is 0.147. The summed E-state index contributed by atoms with van der Waals surface area (Å²) in [4.78, 5) is 38.8. The summed E-state index contributed by atoms with van der Waals surface area (Å²) in [7, 11) is 0. The van der Waals surface area contributed by atoms with Gasteiger partial charge in [-0.15, -0.1) is 11.3 Å². The van der Waals surface area contributed by atoms with E-state index in [0.29, 0.717) is 11.2 Å². The van der Waals surface area contributed by atoms with Crippen molar-refractivity contribution < 1.29 is 9.18 Å². The van der Waals surface area contributed by atoms with Crippen molar-refractivity contribution in [3.63, 3.8) is 0 Å². The van der Waals surface area contributed by atoms with Crippen LogP contribution in [0.15, 0.2) is 63.5 Å². The van der Waals surface area contributed by atoms with E-state index < -0.39 is 23.0 Å². The standard InChI is InChI=1S/C22H18FN3O3S/c1-13-6-5-7-14(2)19(13)24-18(27)12-25-17-10-11-30-20(17)21(28)26(22(25)29)16-9-4-3-8-15(16)23/h3-11H,12H2,1-2H3,(H,24,27). The highest BCUT2D eigenvalue weighted by molar-refractivity contribution is 7.17. The molecule has 2 heterocycles. The highest BCUT2D eigenvalue weighted by Gasteiger charge is 2.19. The Morgan fingerprint density at radius 2 is 1.73 bits per heavy atom. The molecule has 152 valence electrons. The first kappa shape index (κ1) is 19.8. The van der Waals surface area contributed by atoms with Crippen LogP contribution in [0.25, 0.3) is 15.9 Å². The number of aryl methyl sites for hydroxylation is 2. The van der Waals surface area contributed by atoms with E-state index in [1.54, 1.807) is 17.5 Å². The molecule has 30 heavy (non-hydrogen) atoms. The number of carbonyl (C=O) groups is 1. The van der Waals surface area contributed by atoms with E-state index in [-0.39, 0.29) is 16.9 Å². The molecule has 1 N–H and O–H groups in total. The van der Waals surface area contributed by atoms with Gasteiger partial charge in [0.15, 0.2) is 0 Å². The Hall–Kier alpha value is -3.52. The van der Waals surface area contributed by atoms with Crippen molar-refractivity contribution in [2.45, 2.75) is 20.4 Å². The van der Waals surface area contributed by atoms with Gasteiger partial charge in [-0.1, -0.05) is 30.3 Å². The summed E-state index contributed by atoms with van der Waals surface area (Å²) in [6, 6.07) is 12.8. The summed E-state index contributed by atoms with van der Waals surface area (Å²) in [6.07, 6.45) is 0. The van der Waals surface area contributed by atoms with Crippen molar-refractivity contribution >= 4 is 33.1 Å². The van der Waals surface area contributed by atoms with E-state index in [1.807, 2.05) is 32.0 Å². The number of rotatable bonds is 4. The van der Waals surface area contributed by atoms with Crippen molar-refractivity contribution in [1.82, 2.24) is 9.13 Å². The lowest BCUT2D eigenvalue weighted by Crippen LogP contribution is -2.40. The Balaban J connectivity index is 1.83. The van der Waals surface area contributed by atoms with Gasteiger partial charge in [0.25, 0.3) is 5.56 Å². The number of amides is 1. The van der Waals surface area contributed by atoms with Crippen LogP contribution in [0, 0.1) is 19.7 Å². The lowest BCUT2D eigenvalue weighted by molar-refractivity contribution is -0.116. The number of thiophene rings is 1. The molecule has 8 heteroatoms. The van der Waals surface area contributed by atoms with Crippen LogP contribution in [0.5, 0.6) is 0 Å². The molecule has 0 spiro atoms. The van der Waals surface area contributed by atoms with Gasteiger partial charge in [-0.25, -0.2) is 13.8 Å². The lowest BCUT2D eigenvalue weighted by atomic mass is 10.1. The number of nitrogens with one attached hydrogen (secondary N) is 1. The summed E-state index contributed by atoms with van der Waals surface area (Å²) in [5.41, 5.74) is 1.29. The van der Waals surface area contributed by atoms with Gasteiger partial charge in [-0.05, 0) is 48.6 Å². The number of hydrogen-bond donors (Lipinski definition) is 1. The summed E-state index contributed by atoms with van der Waals surface area (Å²) < 4.78 is 16.6. The van der Waals surface area contributed by atoms with Crippen LogP contribution in [0.3, 0.4) is 0 Å². The number of fused-ring (bicyclic) bond motifs is 1. The van der Waals surface area contributed by atoms with Crippen molar-refractivity contribution in [2.75, 3.05) is 5.32 Å². The van der Waals surface area contributed by atoms with Crippen LogP contribution in [0.2, 0.25) is 0 Å². The van der Waals surface area contributed by atoms with E-state index in [2.05, 4.69) is 5.32 Å². The van der Waals surface area contributed by atoms with Crippen molar-refractivity contribution in [3.05, 3.63) is 91.7 Å². The van der Waals surface area contributed by atoms with Gasteiger partial charge in [0, 0.05) is 5.69 Å². The zero-order valence-electron chi connectivity index (χ0n) is 16.3. The number of benzene rings is 2. The number of nitrogens with zero attached hydrogens (tertiary/aromatic N) is 2. The first-order chi connectivity index (χ1) is 14.4. The van der Waals surface area contributed by atoms with Gasteiger partial charge < -0.3 is 5.32 Å². The minimum atomic E-state index is -0.771. The Morgan fingerprint density at radius 1 is 1.03 bits per heavy atom. The minimum Gasteiger partial charge on any atom is -0.324 e. The summed E-state index contributed by atoms with van der Waals surface area (Å²) in [5.74, 6) is -1.11. The summed E-state index contributed by atoms with van der Waals surface area (Å²) in [5, 5.41) is 4.50. The third kappa shape index (κ3) is 3.35. The maximum absolute atomic E-state index is 14.3. The zero-order valence-corrected chi connectivity index (χ0v) is 17.1. The van der Waals surface area contributed by atoms with Crippen LogP contribution in [0.1, 0.15) is 11.1 Å². The van der Waals surface area contributed by atoms with E-state index in [4.69, 9.17) is 0 Å². The van der Waals surface area contributed by atoms with Gasteiger partial charge in [0.1, 0.15) is 17.1 Å². The maximum atomic E-state index is 14.3. The van der Waals surface area contributed by atoms with Crippen LogP contribution >= 0.6 is 11.3 Å². The van der Waals surface area contributed by atoms with Crippen LogP contribution in [-0.2, 0) is 11.3 Å². The number of halogens is 1. The van der Waals surface area contributed by atoms with Crippen LogP contribution in [-0.4, -0.2) is 15.0 Å². The van der Waals surface area contributed by atoms with Crippen molar-refractivity contribution in [3.8, 4) is 5.69 Å². The zero-order chi connectivity index (χ0) is 21.4. The normalized spacial score (nSPS) is 11.0. The first-order valence-corrected chi connectivity index (χ1v) is 10.1. The van der Waals surface area contributed by atoms with Gasteiger partial charge in [0.05, 0.1) is 11.2 Å². The fraction of sp³-hybridized carbons (Fsp3) is 0.136. The SMILES string of the molecule is Cc1cccc(C)c1NC(=O)Cn1c(=O)n(-c2ccccc2F)c(=O)c2sccc21. The van der Waals surface area contributed by atoms with Crippen LogP contribution < -0.4 is 16.6 Å². The van der Waals surface area contributed by atoms with Gasteiger partial charge in [0.2, 0.25) is 5.91 Å². The van der Waals surface area contributed by atoms with E-state index in [9.17, 15) is 18.8 Å². The number of para-hydroxylation sites is 2. The molecule has 0 saturated carbocycles. The summed E-state index contributed by atoms with van der Waals surface area (Å²) in [6.45, 7) is 3.45. The molecular formula is C22H18FN3O3S. The number of carbonyl (C=O) groups excluding carboxylic acids is 1. The summed E-state index contributed by atoms with van der Waals surface area (Å²) >= 11 is 1.14. The third-order valence-electron chi connectivity index (χ3n) is 4.90. The van der Waals surface area contributed by atoms with Gasteiger partial charge in [-0.2, -0.15) is 0 Å². The molecule has 4 aromatic rings. The molecule has 0 radical (unpaired) electrons. The van der Waals surface area contributed by atoms with E-state index in [0.717, 1.165) is 27.0 Å². The molecule has 1 amide bonds. The molecule has 0 atom stereocenters. The highest BCUT2D eigenvalue weighted by atomic mass is 32.1. The average Bonchev–Trinajstić information content (AvgIpc) is 3.20. The molecule has 0 unspecified atom stereocenters. The quantitative estimate of drug-likeness (QED) is 0.545.